The highest BCUT2D eigenvalue weighted by Crippen LogP contribution is 2.30. The van der Waals surface area contributed by atoms with E-state index < -0.39 is 0 Å². The fourth-order valence-corrected chi connectivity index (χ4v) is 2.43. The largest absolute Gasteiger partial charge is 0.382 e. The number of fused-ring (bicyclic) bond motifs is 1. The van der Waals surface area contributed by atoms with Crippen molar-refractivity contribution >= 4 is 11.4 Å². The van der Waals surface area contributed by atoms with E-state index in [0.29, 0.717) is 5.56 Å². The predicted octanol–water partition coefficient (Wildman–Crippen LogP) is 2.99. The Morgan fingerprint density at radius 2 is 2.00 bits per heavy atom. The molecule has 0 saturated heterocycles. The van der Waals surface area contributed by atoms with Gasteiger partial charge in [0, 0.05) is 19.6 Å². The third kappa shape index (κ3) is 2.38. The second-order valence-corrected chi connectivity index (χ2v) is 4.68. The van der Waals surface area contributed by atoms with Gasteiger partial charge in [0.1, 0.15) is 0 Å². The van der Waals surface area contributed by atoms with E-state index in [1.54, 1.807) is 0 Å². The zero-order valence-corrected chi connectivity index (χ0v) is 10.6. The van der Waals surface area contributed by atoms with Gasteiger partial charge in [-0.3, -0.25) is 0 Å². The van der Waals surface area contributed by atoms with Crippen LogP contribution in [0.1, 0.15) is 11.1 Å². The van der Waals surface area contributed by atoms with Crippen LogP contribution in [0.4, 0.5) is 11.4 Å². The van der Waals surface area contributed by atoms with Gasteiger partial charge in [-0.1, -0.05) is 30.3 Å². The van der Waals surface area contributed by atoms with Gasteiger partial charge in [-0.25, -0.2) is 0 Å². The normalized spacial score (nSPS) is 13.3. The van der Waals surface area contributed by atoms with E-state index >= 15 is 0 Å². The highest BCUT2D eigenvalue weighted by Gasteiger charge is 2.16. The van der Waals surface area contributed by atoms with E-state index in [-0.39, 0.29) is 0 Å². The Morgan fingerprint density at radius 1 is 1.16 bits per heavy atom. The molecule has 1 N–H and O–H groups in total. The van der Waals surface area contributed by atoms with Crippen LogP contribution in [-0.2, 0) is 6.54 Å². The van der Waals surface area contributed by atoms with Gasteiger partial charge in [-0.15, -0.1) is 0 Å². The Balaban J connectivity index is 1.91. The average Bonchev–Trinajstić information content (AvgIpc) is 2.48. The van der Waals surface area contributed by atoms with Crippen LogP contribution in [0.5, 0.6) is 0 Å². The van der Waals surface area contributed by atoms with E-state index in [9.17, 15) is 0 Å². The summed E-state index contributed by atoms with van der Waals surface area (Å²) < 4.78 is 0. The first-order valence-corrected chi connectivity index (χ1v) is 6.44. The zero-order valence-electron chi connectivity index (χ0n) is 10.6. The number of nitrogens with zero attached hydrogens (tertiary/aromatic N) is 2. The fraction of sp³-hybridized carbons (Fsp3) is 0.188. The average molecular weight is 249 g/mol. The second kappa shape index (κ2) is 5.03. The highest BCUT2D eigenvalue weighted by molar-refractivity contribution is 5.73. The molecule has 1 aliphatic rings. The van der Waals surface area contributed by atoms with Crippen molar-refractivity contribution in [2.75, 3.05) is 23.3 Å². The molecule has 0 fully saturated rings. The Kier molecular flexibility index (Phi) is 3.07. The summed E-state index contributed by atoms with van der Waals surface area (Å²) in [6.07, 6.45) is 0. The van der Waals surface area contributed by atoms with Crippen molar-refractivity contribution in [3.05, 3.63) is 59.7 Å². The minimum absolute atomic E-state index is 0.709. The van der Waals surface area contributed by atoms with Crippen LogP contribution in [0, 0.1) is 11.3 Å². The summed E-state index contributed by atoms with van der Waals surface area (Å²) in [5.41, 5.74) is 4.23. The molecule has 0 aromatic heterocycles. The van der Waals surface area contributed by atoms with Crippen molar-refractivity contribution < 1.29 is 0 Å². The lowest BCUT2D eigenvalue weighted by atomic mass is 10.1. The van der Waals surface area contributed by atoms with Crippen LogP contribution in [0.15, 0.2) is 48.5 Å². The van der Waals surface area contributed by atoms with Crippen LogP contribution in [0.3, 0.4) is 0 Å². The molecule has 3 rings (SSSR count). The molecule has 0 aliphatic carbocycles. The summed E-state index contributed by atoms with van der Waals surface area (Å²) >= 11 is 0. The molecule has 0 amide bonds. The van der Waals surface area contributed by atoms with Gasteiger partial charge in [0.15, 0.2) is 0 Å². The summed E-state index contributed by atoms with van der Waals surface area (Å²) in [6.45, 7) is 2.77. The van der Waals surface area contributed by atoms with Crippen molar-refractivity contribution in [2.45, 2.75) is 6.54 Å². The molecule has 3 nitrogen and oxygen atoms in total. The number of hydrogen-bond acceptors (Lipinski definition) is 3. The lowest BCUT2D eigenvalue weighted by molar-refractivity contribution is 0.787. The Bertz CT molecular complexity index is 614. The molecule has 0 spiro atoms. The SMILES string of the molecule is N#Cc1ccc2c(c1)N(Cc1ccccc1)CCN2. The van der Waals surface area contributed by atoms with E-state index in [1.807, 2.05) is 24.3 Å². The third-order valence-electron chi connectivity index (χ3n) is 3.38. The molecule has 0 saturated carbocycles. The topological polar surface area (TPSA) is 39.1 Å². The highest BCUT2D eigenvalue weighted by atomic mass is 15.2. The molecule has 1 heterocycles. The molecule has 0 radical (unpaired) electrons. The second-order valence-electron chi connectivity index (χ2n) is 4.68. The van der Waals surface area contributed by atoms with Crippen LogP contribution in [0.25, 0.3) is 0 Å². The maximum Gasteiger partial charge on any atom is 0.0992 e. The minimum Gasteiger partial charge on any atom is -0.382 e. The molecule has 19 heavy (non-hydrogen) atoms. The van der Waals surface area contributed by atoms with Gasteiger partial charge in [0.05, 0.1) is 23.0 Å². The van der Waals surface area contributed by atoms with Crippen LogP contribution >= 0.6 is 0 Å². The van der Waals surface area contributed by atoms with E-state index in [1.165, 1.54) is 5.56 Å². The summed E-state index contributed by atoms with van der Waals surface area (Å²) in [5.74, 6) is 0. The Morgan fingerprint density at radius 3 is 2.79 bits per heavy atom. The van der Waals surface area contributed by atoms with Gasteiger partial charge in [-0.05, 0) is 23.8 Å². The Hall–Kier alpha value is -2.47. The van der Waals surface area contributed by atoms with Gasteiger partial charge in [-0.2, -0.15) is 5.26 Å². The van der Waals surface area contributed by atoms with Crippen molar-refractivity contribution in [1.29, 1.82) is 5.26 Å². The molecule has 0 bridgehead atoms. The van der Waals surface area contributed by atoms with Crippen LogP contribution in [0.2, 0.25) is 0 Å². The van der Waals surface area contributed by atoms with Crippen molar-refractivity contribution in [3.63, 3.8) is 0 Å². The predicted molar refractivity (Wildman–Crippen MR) is 77.1 cm³/mol. The number of hydrogen-bond donors (Lipinski definition) is 1. The smallest absolute Gasteiger partial charge is 0.0992 e. The summed E-state index contributed by atoms with van der Waals surface area (Å²) in [6, 6.07) is 18.4. The maximum atomic E-state index is 9.03. The number of nitrogens with one attached hydrogen (secondary N) is 1. The van der Waals surface area contributed by atoms with Crippen LogP contribution in [-0.4, -0.2) is 13.1 Å². The minimum atomic E-state index is 0.709. The number of nitriles is 1. The molecular formula is C16H15N3. The van der Waals surface area contributed by atoms with Crippen molar-refractivity contribution in [2.24, 2.45) is 0 Å². The molecule has 0 unspecified atom stereocenters. The van der Waals surface area contributed by atoms with Gasteiger partial charge in [0.25, 0.3) is 0 Å². The Labute approximate surface area is 113 Å². The van der Waals surface area contributed by atoms with Gasteiger partial charge in [0.2, 0.25) is 0 Å². The standard InChI is InChI=1S/C16H15N3/c17-11-14-6-7-15-16(10-14)19(9-8-18-15)12-13-4-2-1-3-5-13/h1-7,10,18H,8-9,12H2. The number of anilines is 2. The van der Waals surface area contributed by atoms with Crippen LogP contribution < -0.4 is 10.2 Å². The van der Waals surface area contributed by atoms with Crippen molar-refractivity contribution in [1.82, 2.24) is 0 Å². The molecule has 2 aromatic rings. The molecule has 1 aliphatic heterocycles. The lowest BCUT2D eigenvalue weighted by Crippen LogP contribution is -2.33. The van der Waals surface area contributed by atoms with Gasteiger partial charge < -0.3 is 10.2 Å². The van der Waals surface area contributed by atoms with Crippen molar-refractivity contribution in [3.8, 4) is 6.07 Å². The number of benzene rings is 2. The summed E-state index contributed by atoms with van der Waals surface area (Å²) in [4.78, 5) is 2.32. The molecule has 94 valence electrons. The third-order valence-corrected chi connectivity index (χ3v) is 3.38. The fourth-order valence-electron chi connectivity index (χ4n) is 2.43. The first-order valence-electron chi connectivity index (χ1n) is 6.44. The summed E-state index contributed by atoms with van der Waals surface area (Å²) in [7, 11) is 0. The first kappa shape index (κ1) is 11.6. The first-order chi connectivity index (χ1) is 9.36. The van der Waals surface area contributed by atoms with E-state index in [0.717, 1.165) is 31.0 Å². The molecule has 3 heteroatoms. The summed E-state index contributed by atoms with van der Waals surface area (Å²) in [5, 5.41) is 12.4. The lowest BCUT2D eigenvalue weighted by Gasteiger charge is -2.32. The molecule has 0 atom stereocenters. The monoisotopic (exact) mass is 249 g/mol. The van der Waals surface area contributed by atoms with E-state index in [2.05, 4.69) is 40.6 Å². The zero-order chi connectivity index (χ0) is 13.1. The maximum absolute atomic E-state index is 9.03. The van der Waals surface area contributed by atoms with Gasteiger partial charge >= 0.3 is 0 Å². The number of rotatable bonds is 2. The molecule has 2 aromatic carbocycles. The quantitative estimate of drug-likeness (QED) is 0.889. The molecular weight excluding hydrogens is 234 g/mol. The van der Waals surface area contributed by atoms with E-state index in [4.69, 9.17) is 5.26 Å².